The molecule has 0 saturated carbocycles. The lowest BCUT2D eigenvalue weighted by atomic mass is 10.0. The number of aromatic hydroxyl groups is 1. The second-order valence-electron chi connectivity index (χ2n) is 6.65. The molecule has 0 bridgehead atoms. The van der Waals surface area contributed by atoms with Crippen molar-refractivity contribution in [3.05, 3.63) is 78.1 Å². The van der Waals surface area contributed by atoms with Gasteiger partial charge in [-0.25, -0.2) is 14.4 Å². The van der Waals surface area contributed by atoms with Crippen molar-refractivity contribution < 1.29 is 9.90 Å². The van der Waals surface area contributed by atoms with Gasteiger partial charge in [0.2, 0.25) is 11.8 Å². The lowest BCUT2D eigenvalue weighted by Gasteiger charge is -2.19. The van der Waals surface area contributed by atoms with Gasteiger partial charge in [-0.05, 0) is 29.6 Å². The molecule has 1 aromatic carbocycles. The fourth-order valence-corrected chi connectivity index (χ4v) is 4.39. The second kappa shape index (κ2) is 7.92. The molecular weight excluding hydrogens is 428 g/mol. The van der Waals surface area contributed by atoms with E-state index in [0.29, 0.717) is 5.02 Å². The van der Waals surface area contributed by atoms with Gasteiger partial charge in [-0.2, -0.15) is 5.10 Å². The number of halogens is 1. The number of hydrogen-bond donors (Lipinski definition) is 2. The third-order valence-electron chi connectivity index (χ3n) is 4.78. The third kappa shape index (κ3) is 3.46. The van der Waals surface area contributed by atoms with E-state index < -0.39 is 17.1 Å². The Morgan fingerprint density at radius 2 is 2.13 bits per heavy atom. The number of nitrogens with one attached hydrogen (secondary N) is 1. The van der Waals surface area contributed by atoms with Crippen LogP contribution in [0.15, 0.2) is 56.5 Å². The Morgan fingerprint density at radius 1 is 1.33 bits per heavy atom. The molecule has 3 heterocycles. The van der Waals surface area contributed by atoms with Crippen LogP contribution in [-0.2, 0) is 4.79 Å². The Hall–Kier alpha value is -3.17. The van der Waals surface area contributed by atoms with E-state index in [1.54, 1.807) is 25.1 Å². The summed E-state index contributed by atoms with van der Waals surface area (Å²) in [6, 6.07) is 9.70. The smallest absolute Gasteiger partial charge is 0.335 e. The van der Waals surface area contributed by atoms with Crippen LogP contribution in [0.4, 0.5) is 0 Å². The van der Waals surface area contributed by atoms with Crippen LogP contribution in [0.1, 0.15) is 36.2 Å². The van der Waals surface area contributed by atoms with Gasteiger partial charge < -0.3 is 5.11 Å². The average Bonchev–Trinajstić information content (AvgIpc) is 3.37. The molecule has 0 unspecified atom stereocenters. The molecule has 154 valence electrons. The molecule has 1 atom stereocenters. The highest BCUT2D eigenvalue weighted by Gasteiger charge is 2.35. The van der Waals surface area contributed by atoms with Crippen molar-refractivity contribution in [1.29, 1.82) is 0 Å². The second-order valence-corrected chi connectivity index (χ2v) is 8.06. The zero-order valence-electron chi connectivity index (χ0n) is 15.8. The number of hydrogen-bond acceptors (Lipinski definition) is 6. The number of aromatic nitrogens is 2. The summed E-state index contributed by atoms with van der Waals surface area (Å²) in [5, 5.41) is 18.8. The van der Waals surface area contributed by atoms with Crippen LogP contribution in [0.2, 0.25) is 5.02 Å². The third-order valence-corrected chi connectivity index (χ3v) is 5.99. The van der Waals surface area contributed by atoms with E-state index >= 15 is 0 Å². The quantitative estimate of drug-likeness (QED) is 0.644. The maximum Gasteiger partial charge on any atom is 0.335 e. The number of carbonyl (C=O) groups excluding carboxylic acids is 1. The van der Waals surface area contributed by atoms with Crippen molar-refractivity contribution >= 4 is 34.6 Å². The van der Waals surface area contributed by atoms with Crippen LogP contribution in [0.25, 0.3) is 5.69 Å². The van der Waals surface area contributed by atoms with Crippen LogP contribution in [0.3, 0.4) is 0 Å². The highest BCUT2D eigenvalue weighted by Crippen LogP contribution is 2.36. The molecule has 1 aliphatic rings. The van der Waals surface area contributed by atoms with E-state index in [2.05, 4.69) is 10.1 Å². The van der Waals surface area contributed by atoms with Gasteiger partial charge in [0.05, 0.1) is 17.4 Å². The van der Waals surface area contributed by atoms with E-state index in [1.165, 1.54) is 22.4 Å². The Kier molecular flexibility index (Phi) is 5.31. The van der Waals surface area contributed by atoms with Crippen molar-refractivity contribution in [3.63, 3.8) is 0 Å². The Balaban J connectivity index is 1.86. The zero-order valence-corrected chi connectivity index (χ0v) is 17.4. The van der Waals surface area contributed by atoms with E-state index in [-0.39, 0.29) is 41.8 Å². The van der Waals surface area contributed by atoms with Gasteiger partial charge in [-0.1, -0.05) is 30.7 Å². The number of nitrogens with zero attached hydrogens (tertiary/aromatic N) is 3. The monoisotopic (exact) mass is 444 g/mol. The van der Waals surface area contributed by atoms with Gasteiger partial charge in [0.1, 0.15) is 5.56 Å². The number of carbonyl (C=O) groups is 1. The summed E-state index contributed by atoms with van der Waals surface area (Å²) >= 11 is 7.48. The molecule has 0 spiro atoms. The van der Waals surface area contributed by atoms with Gasteiger partial charge >= 0.3 is 5.69 Å². The summed E-state index contributed by atoms with van der Waals surface area (Å²) in [6.45, 7) is 1.73. The predicted octanol–water partition coefficient (Wildman–Crippen LogP) is 3.03. The Labute approximate surface area is 179 Å². The molecule has 1 amide bonds. The number of aromatic amines is 1. The summed E-state index contributed by atoms with van der Waals surface area (Å²) in [5.74, 6) is -0.761. The standard InChI is InChI=1S/C20H17ClN4O4S/c1-2-16(26)25-14(15-7-4-8-30-15)10-13(23-25)17-18(27)22-20(29)24(19(17)28)12-6-3-5-11(21)9-12/h3-9,14,28H,2,10H2,1H3,(H,22,27,29)/t14-/m1/s1. The molecule has 0 saturated heterocycles. The number of thiophene rings is 1. The highest BCUT2D eigenvalue weighted by molar-refractivity contribution is 7.10. The maximum atomic E-state index is 12.6. The minimum Gasteiger partial charge on any atom is -0.493 e. The molecule has 30 heavy (non-hydrogen) atoms. The average molecular weight is 445 g/mol. The predicted molar refractivity (Wildman–Crippen MR) is 115 cm³/mol. The summed E-state index contributed by atoms with van der Waals surface area (Å²) < 4.78 is 0.954. The van der Waals surface area contributed by atoms with Gasteiger partial charge in [-0.3, -0.25) is 14.6 Å². The SMILES string of the molecule is CCC(=O)N1N=C(c2c(O)n(-c3cccc(Cl)c3)c(=O)[nH]c2=O)C[C@@H]1c1cccs1. The first-order chi connectivity index (χ1) is 14.4. The van der Waals surface area contributed by atoms with Crippen molar-refractivity contribution in [1.82, 2.24) is 14.6 Å². The molecule has 2 N–H and O–H groups in total. The van der Waals surface area contributed by atoms with Crippen LogP contribution in [-0.4, -0.2) is 31.3 Å². The fraction of sp³-hybridized carbons (Fsp3) is 0.200. The minimum atomic E-state index is -0.807. The van der Waals surface area contributed by atoms with Gasteiger partial charge in [-0.15, -0.1) is 11.3 Å². The maximum absolute atomic E-state index is 12.6. The molecule has 0 aliphatic carbocycles. The lowest BCUT2D eigenvalue weighted by molar-refractivity contribution is -0.132. The van der Waals surface area contributed by atoms with Crippen LogP contribution < -0.4 is 11.2 Å². The van der Waals surface area contributed by atoms with E-state index in [0.717, 1.165) is 9.44 Å². The van der Waals surface area contributed by atoms with Crippen molar-refractivity contribution in [2.24, 2.45) is 5.10 Å². The van der Waals surface area contributed by atoms with Crippen LogP contribution in [0, 0.1) is 0 Å². The Bertz CT molecular complexity index is 1260. The Morgan fingerprint density at radius 3 is 2.80 bits per heavy atom. The number of benzene rings is 1. The number of H-pyrrole nitrogens is 1. The molecule has 0 fully saturated rings. The number of hydrazone groups is 1. The van der Waals surface area contributed by atoms with E-state index in [1.807, 2.05) is 17.5 Å². The van der Waals surface area contributed by atoms with Crippen molar-refractivity contribution in [2.45, 2.75) is 25.8 Å². The highest BCUT2D eigenvalue weighted by atomic mass is 35.5. The first kappa shape index (κ1) is 20.1. The molecule has 0 radical (unpaired) electrons. The number of rotatable bonds is 4. The summed E-state index contributed by atoms with van der Waals surface area (Å²) in [7, 11) is 0. The molecular formula is C20H17ClN4O4S. The first-order valence-corrected chi connectivity index (χ1v) is 10.4. The molecule has 1 aliphatic heterocycles. The molecule has 8 nitrogen and oxygen atoms in total. The summed E-state index contributed by atoms with van der Waals surface area (Å²) in [6.07, 6.45) is 0.472. The largest absolute Gasteiger partial charge is 0.493 e. The summed E-state index contributed by atoms with van der Waals surface area (Å²) in [5.41, 5.74) is -1.21. The van der Waals surface area contributed by atoms with Gasteiger partial charge in [0.15, 0.2) is 0 Å². The van der Waals surface area contributed by atoms with Crippen LogP contribution >= 0.6 is 22.9 Å². The molecule has 3 aromatic rings. The first-order valence-electron chi connectivity index (χ1n) is 9.18. The molecule has 10 heteroatoms. The fourth-order valence-electron chi connectivity index (χ4n) is 3.40. The topological polar surface area (TPSA) is 108 Å². The molecule has 4 rings (SSSR count). The normalized spacial score (nSPS) is 16.0. The van der Waals surface area contributed by atoms with Crippen LogP contribution in [0.5, 0.6) is 5.88 Å². The van der Waals surface area contributed by atoms with E-state index in [4.69, 9.17) is 11.6 Å². The minimum absolute atomic E-state index is 0.150. The van der Waals surface area contributed by atoms with Gasteiger partial charge in [0.25, 0.3) is 5.56 Å². The summed E-state index contributed by atoms with van der Waals surface area (Å²) in [4.78, 5) is 40.6. The molecule has 2 aromatic heterocycles. The van der Waals surface area contributed by atoms with E-state index in [9.17, 15) is 19.5 Å². The number of amides is 1. The van der Waals surface area contributed by atoms with Crippen molar-refractivity contribution in [3.8, 4) is 11.6 Å². The zero-order chi connectivity index (χ0) is 21.4. The lowest BCUT2D eigenvalue weighted by Crippen LogP contribution is -2.33. The van der Waals surface area contributed by atoms with Crippen molar-refractivity contribution in [2.75, 3.05) is 0 Å². The van der Waals surface area contributed by atoms with Gasteiger partial charge in [0, 0.05) is 22.7 Å².